The first-order valence-corrected chi connectivity index (χ1v) is 20.1. The summed E-state index contributed by atoms with van der Waals surface area (Å²) in [6, 6.07) is 86.7. The number of para-hydroxylation sites is 1. The summed E-state index contributed by atoms with van der Waals surface area (Å²) >= 11 is 0. The summed E-state index contributed by atoms with van der Waals surface area (Å²) in [7, 11) is 0. The van der Waals surface area contributed by atoms with Crippen molar-refractivity contribution in [2.45, 2.75) is 5.41 Å². The maximum Gasteiger partial charge on any atom is 0.0713 e. The van der Waals surface area contributed by atoms with Gasteiger partial charge in [0.1, 0.15) is 0 Å². The number of nitrogens with zero attached hydrogens (tertiary/aromatic N) is 1. The maximum atomic E-state index is 2.43. The molecule has 10 aromatic rings. The highest BCUT2D eigenvalue weighted by Gasteiger charge is 2.46. The molecule has 0 fully saturated rings. The summed E-state index contributed by atoms with van der Waals surface area (Å²) in [4.78, 5) is 2.43. The van der Waals surface area contributed by atoms with E-state index in [0.717, 1.165) is 17.1 Å². The summed E-state index contributed by atoms with van der Waals surface area (Å²) in [6.45, 7) is 0. The minimum absolute atomic E-state index is 0.451. The van der Waals surface area contributed by atoms with E-state index in [0.29, 0.717) is 0 Å². The summed E-state index contributed by atoms with van der Waals surface area (Å²) in [5.74, 6) is 0. The lowest BCUT2D eigenvalue weighted by molar-refractivity contribution is 0.768. The Morgan fingerprint density at radius 1 is 0.276 bits per heavy atom. The molecule has 11 rings (SSSR count). The molecule has 0 atom stereocenters. The van der Waals surface area contributed by atoms with Gasteiger partial charge in [0.15, 0.2) is 0 Å². The van der Waals surface area contributed by atoms with Gasteiger partial charge in [-0.3, -0.25) is 0 Å². The molecule has 1 heteroatoms. The third-order valence-corrected chi connectivity index (χ3v) is 12.1. The van der Waals surface area contributed by atoms with Gasteiger partial charge < -0.3 is 4.90 Å². The normalized spacial score (nSPS) is 12.6. The zero-order valence-electron chi connectivity index (χ0n) is 32.0. The van der Waals surface area contributed by atoms with Gasteiger partial charge in [0.05, 0.1) is 5.41 Å². The molecule has 0 bridgehead atoms. The van der Waals surface area contributed by atoms with Crippen molar-refractivity contribution in [3.63, 3.8) is 0 Å². The number of benzene rings is 10. The minimum atomic E-state index is -0.451. The molecule has 58 heavy (non-hydrogen) atoms. The molecule has 1 aliphatic carbocycles. The van der Waals surface area contributed by atoms with E-state index in [4.69, 9.17) is 0 Å². The molecule has 10 aromatic carbocycles. The number of hydrogen-bond acceptors (Lipinski definition) is 1. The van der Waals surface area contributed by atoms with E-state index in [1.54, 1.807) is 0 Å². The second-order valence-electron chi connectivity index (χ2n) is 15.2. The van der Waals surface area contributed by atoms with E-state index >= 15 is 0 Å². The van der Waals surface area contributed by atoms with Gasteiger partial charge in [-0.25, -0.2) is 0 Å². The molecule has 0 spiro atoms. The Morgan fingerprint density at radius 3 is 1.36 bits per heavy atom. The molecule has 0 radical (unpaired) electrons. The predicted octanol–water partition coefficient (Wildman–Crippen LogP) is 15.2. The quantitative estimate of drug-likeness (QED) is 0.147. The summed E-state index contributed by atoms with van der Waals surface area (Å²) < 4.78 is 0. The molecule has 0 N–H and O–H groups in total. The van der Waals surface area contributed by atoms with E-state index in [2.05, 4.69) is 241 Å². The van der Waals surface area contributed by atoms with Crippen LogP contribution in [0, 0.1) is 0 Å². The predicted molar refractivity (Wildman–Crippen MR) is 244 cm³/mol. The van der Waals surface area contributed by atoms with Crippen LogP contribution in [-0.2, 0) is 5.41 Å². The average molecular weight is 738 g/mol. The van der Waals surface area contributed by atoms with Crippen LogP contribution in [0.2, 0.25) is 0 Å². The fourth-order valence-electron chi connectivity index (χ4n) is 9.73. The first-order valence-electron chi connectivity index (χ1n) is 20.1. The fourth-order valence-corrected chi connectivity index (χ4v) is 9.73. The van der Waals surface area contributed by atoms with Gasteiger partial charge in [-0.1, -0.05) is 200 Å². The summed E-state index contributed by atoms with van der Waals surface area (Å²) in [6.07, 6.45) is 0. The molecular weight excluding hydrogens is 699 g/mol. The van der Waals surface area contributed by atoms with Crippen LogP contribution in [0.5, 0.6) is 0 Å². The third kappa shape index (κ3) is 5.25. The number of fused-ring (bicyclic) bond motifs is 6. The summed E-state index contributed by atoms with van der Waals surface area (Å²) in [5.41, 5.74) is 15.5. The van der Waals surface area contributed by atoms with Gasteiger partial charge in [-0.15, -0.1) is 0 Å². The standard InChI is InChI=1S/C57H39N/c1-6-20-40(21-7-1)55-50-32-17-16-30-47(50)48-36-34-45(39-52(48)56(55)41-22-8-2-9-23-41)58(44-28-14-5-15-29-44)46-35-37-54-51(38-46)49-31-18-19-33-53(49)57(54,42-24-10-3-11-25-42)43-26-12-4-13-27-43/h1-39H. The molecule has 0 amide bonds. The average Bonchev–Trinajstić information content (AvgIpc) is 3.60. The second-order valence-corrected chi connectivity index (χ2v) is 15.2. The Hall–Kier alpha value is -7.48. The van der Waals surface area contributed by atoms with Crippen LogP contribution < -0.4 is 4.90 Å². The molecule has 1 nitrogen and oxygen atoms in total. The molecule has 0 aliphatic heterocycles. The Morgan fingerprint density at radius 2 is 0.724 bits per heavy atom. The Balaban J connectivity index is 1.19. The van der Waals surface area contributed by atoms with Crippen molar-refractivity contribution >= 4 is 38.6 Å². The van der Waals surface area contributed by atoms with Gasteiger partial charge in [0, 0.05) is 17.1 Å². The summed E-state index contributed by atoms with van der Waals surface area (Å²) in [5, 5.41) is 4.97. The first kappa shape index (κ1) is 33.8. The molecule has 0 saturated heterocycles. The highest BCUT2D eigenvalue weighted by Crippen LogP contribution is 2.57. The van der Waals surface area contributed by atoms with Crippen LogP contribution in [0.1, 0.15) is 22.3 Å². The largest absolute Gasteiger partial charge is 0.310 e. The van der Waals surface area contributed by atoms with E-state index < -0.39 is 5.41 Å². The van der Waals surface area contributed by atoms with Crippen molar-refractivity contribution in [3.8, 4) is 33.4 Å². The van der Waals surface area contributed by atoms with Crippen molar-refractivity contribution in [1.29, 1.82) is 0 Å². The van der Waals surface area contributed by atoms with Crippen LogP contribution in [0.25, 0.3) is 54.9 Å². The molecule has 272 valence electrons. The Bertz CT molecular complexity index is 3040. The van der Waals surface area contributed by atoms with Gasteiger partial charge in [0.25, 0.3) is 0 Å². The van der Waals surface area contributed by atoms with Gasteiger partial charge >= 0.3 is 0 Å². The minimum Gasteiger partial charge on any atom is -0.310 e. The lowest BCUT2D eigenvalue weighted by Crippen LogP contribution is -2.28. The maximum absolute atomic E-state index is 2.43. The van der Waals surface area contributed by atoms with Gasteiger partial charge in [-0.2, -0.15) is 0 Å². The van der Waals surface area contributed by atoms with Crippen molar-refractivity contribution in [2.75, 3.05) is 4.90 Å². The molecular formula is C57H39N. The third-order valence-electron chi connectivity index (χ3n) is 12.1. The topological polar surface area (TPSA) is 3.24 Å². The molecule has 0 saturated carbocycles. The highest BCUT2D eigenvalue weighted by molar-refractivity contribution is 6.22. The smallest absolute Gasteiger partial charge is 0.0713 e. The lowest BCUT2D eigenvalue weighted by atomic mass is 9.68. The van der Waals surface area contributed by atoms with E-state index in [1.807, 2.05) is 0 Å². The van der Waals surface area contributed by atoms with Crippen LogP contribution in [0.3, 0.4) is 0 Å². The lowest BCUT2D eigenvalue weighted by Gasteiger charge is -2.34. The van der Waals surface area contributed by atoms with Crippen LogP contribution >= 0.6 is 0 Å². The van der Waals surface area contributed by atoms with Crippen molar-refractivity contribution < 1.29 is 0 Å². The Kier molecular flexibility index (Phi) is 8.12. The molecule has 0 heterocycles. The van der Waals surface area contributed by atoms with Crippen LogP contribution in [-0.4, -0.2) is 0 Å². The molecule has 0 aromatic heterocycles. The van der Waals surface area contributed by atoms with E-state index in [1.165, 1.54) is 77.2 Å². The number of anilines is 3. The van der Waals surface area contributed by atoms with Crippen molar-refractivity contribution in [2.24, 2.45) is 0 Å². The highest BCUT2D eigenvalue weighted by atomic mass is 15.1. The Labute approximate surface area is 339 Å². The van der Waals surface area contributed by atoms with E-state index in [9.17, 15) is 0 Å². The van der Waals surface area contributed by atoms with Crippen molar-refractivity contribution in [1.82, 2.24) is 0 Å². The van der Waals surface area contributed by atoms with E-state index in [-0.39, 0.29) is 0 Å². The number of rotatable bonds is 7. The van der Waals surface area contributed by atoms with Crippen LogP contribution in [0.4, 0.5) is 17.1 Å². The van der Waals surface area contributed by atoms with Crippen LogP contribution in [0.15, 0.2) is 237 Å². The zero-order chi connectivity index (χ0) is 38.5. The van der Waals surface area contributed by atoms with Crippen molar-refractivity contribution in [3.05, 3.63) is 259 Å². The second kappa shape index (κ2) is 13.9. The van der Waals surface area contributed by atoms with Gasteiger partial charge in [0.2, 0.25) is 0 Å². The molecule has 1 aliphatic rings. The number of hydrogen-bond donors (Lipinski definition) is 0. The SMILES string of the molecule is c1ccc(-c2c(-c3ccccc3)c3cc(N(c4ccccc4)c4ccc5c(c4)-c4ccccc4C5(c4ccccc4)c4ccccc4)ccc3c3ccccc23)cc1. The fraction of sp³-hybridized carbons (Fsp3) is 0.0175. The monoisotopic (exact) mass is 737 g/mol. The zero-order valence-corrected chi connectivity index (χ0v) is 32.0. The molecule has 0 unspecified atom stereocenters. The first-order chi connectivity index (χ1) is 28.8. The van der Waals surface area contributed by atoms with Gasteiger partial charge in [-0.05, 0) is 114 Å².